The van der Waals surface area contributed by atoms with Crippen LogP contribution in [0.15, 0.2) is 18.2 Å². The summed E-state index contributed by atoms with van der Waals surface area (Å²) in [5.41, 5.74) is 1.42. The number of carbonyl (C=O) groups excluding carboxylic acids is 3. The fourth-order valence-corrected chi connectivity index (χ4v) is 8.90. The van der Waals surface area contributed by atoms with Crippen molar-refractivity contribution in [3.8, 4) is 0 Å². The number of thioether (sulfide) groups is 1. The van der Waals surface area contributed by atoms with Crippen LogP contribution >= 0.6 is 23.4 Å². The molecule has 7 nitrogen and oxygen atoms in total. The minimum atomic E-state index is -0.680. The Hall–Kier alpha value is -1.77. The topological polar surface area (TPSA) is 98.7 Å². The highest BCUT2D eigenvalue weighted by atomic mass is 35.5. The molecule has 2 bridgehead atoms. The Morgan fingerprint density at radius 1 is 1.23 bits per heavy atom. The van der Waals surface area contributed by atoms with E-state index in [0.29, 0.717) is 36.6 Å². The second-order valence-electron chi connectivity index (χ2n) is 10.3. The van der Waals surface area contributed by atoms with Gasteiger partial charge in [0, 0.05) is 24.4 Å². The lowest BCUT2D eigenvalue weighted by Gasteiger charge is -2.35. The van der Waals surface area contributed by atoms with Crippen LogP contribution in [0.25, 0.3) is 0 Å². The highest BCUT2D eigenvalue weighted by molar-refractivity contribution is 8.02. The van der Waals surface area contributed by atoms with Gasteiger partial charge in [0.05, 0.1) is 27.3 Å². The molecule has 3 N–H and O–H groups in total. The molecule has 3 heterocycles. The first-order chi connectivity index (χ1) is 16.7. The van der Waals surface area contributed by atoms with Crippen LogP contribution in [0.4, 0.5) is 5.69 Å². The molecule has 9 heteroatoms. The van der Waals surface area contributed by atoms with Crippen molar-refractivity contribution in [2.75, 3.05) is 25.0 Å². The molecule has 0 radical (unpaired) electrons. The molecule has 3 saturated heterocycles. The van der Waals surface area contributed by atoms with Crippen LogP contribution in [0.5, 0.6) is 0 Å². The predicted molar refractivity (Wildman–Crippen MR) is 139 cm³/mol. The third-order valence-electron chi connectivity index (χ3n) is 7.88. The van der Waals surface area contributed by atoms with Gasteiger partial charge in [-0.3, -0.25) is 14.4 Å². The van der Waals surface area contributed by atoms with E-state index >= 15 is 0 Å². The molecular weight excluding hydrogens is 486 g/mol. The Kier molecular flexibility index (Phi) is 7.74. The molecule has 5 atom stereocenters. The first-order valence-corrected chi connectivity index (χ1v) is 13.8. The minimum absolute atomic E-state index is 0.0787. The Balaban J connectivity index is 1.69. The van der Waals surface area contributed by atoms with E-state index in [1.165, 1.54) is 0 Å². The van der Waals surface area contributed by atoms with E-state index in [-0.39, 0.29) is 29.1 Å². The number of aliphatic hydroxyl groups is 1. The van der Waals surface area contributed by atoms with Crippen molar-refractivity contribution >= 4 is 46.8 Å². The number of hydrogen-bond acceptors (Lipinski definition) is 5. The zero-order valence-corrected chi connectivity index (χ0v) is 22.3. The zero-order valence-electron chi connectivity index (χ0n) is 20.7. The van der Waals surface area contributed by atoms with Gasteiger partial charge in [-0.15, -0.1) is 11.8 Å². The van der Waals surface area contributed by atoms with E-state index < -0.39 is 22.6 Å². The number of hydrogen-bond donors (Lipinski definition) is 3. The first-order valence-electron chi connectivity index (χ1n) is 12.7. The maximum atomic E-state index is 13.9. The molecule has 3 aliphatic heterocycles. The highest BCUT2D eigenvalue weighted by Gasteiger charge is 2.76. The molecule has 3 amide bonds. The Bertz CT molecular complexity index is 987. The summed E-state index contributed by atoms with van der Waals surface area (Å²) in [5.74, 6) is -1.41. The van der Waals surface area contributed by atoms with Gasteiger partial charge in [0.1, 0.15) is 6.04 Å². The van der Waals surface area contributed by atoms with E-state index in [1.807, 2.05) is 26.0 Å². The van der Waals surface area contributed by atoms with Crippen LogP contribution in [0, 0.1) is 18.8 Å². The number of anilines is 1. The average molecular weight is 522 g/mol. The first kappa shape index (κ1) is 26.3. The standard InChI is InChI=1S/C26H36ClN3O4S/c1-4-13-28-22(32)18-19-24(34)30(14-6-5-7-15-31)21(26(19)12-11-25(18,3)35-26)23(33)29-20-16(2)9-8-10-17(20)27/h8-10,18-19,21,31H,4-7,11-15H2,1-3H3,(H,28,32)(H,29,33)/t18-,19-,21?,25+,26?/m0/s1. The number of benzene rings is 1. The second kappa shape index (κ2) is 10.3. The fraction of sp³-hybridized carbons (Fsp3) is 0.654. The molecule has 4 rings (SSSR count). The fourth-order valence-electron chi connectivity index (χ4n) is 6.28. The number of rotatable bonds is 10. The SMILES string of the molecule is CCCNC(=O)[C@@H]1[C@H]2C(=O)N(CCCCCO)C(C(=O)Nc3c(C)cccc3Cl)C23CC[C@@]1(C)S3. The van der Waals surface area contributed by atoms with Gasteiger partial charge in [-0.25, -0.2) is 0 Å². The number of fused-ring (bicyclic) bond motifs is 1. The van der Waals surface area contributed by atoms with Crippen molar-refractivity contribution in [1.82, 2.24) is 10.2 Å². The molecule has 192 valence electrons. The number of carbonyl (C=O) groups is 3. The van der Waals surface area contributed by atoms with Crippen molar-refractivity contribution in [2.45, 2.75) is 74.8 Å². The number of aliphatic hydroxyl groups excluding tert-OH is 1. The third-order valence-corrected chi connectivity index (χ3v) is 10.2. The van der Waals surface area contributed by atoms with Gasteiger partial charge < -0.3 is 20.6 Å². The predicted octanol–water partition coefficient (Wildman–Crippen LogP) is 3.76. The molecular formula is C26H36ClN3O4S. The molecule has 2 unspecified atom stereocenters. The number of nitrogens with zero attached hydrogens (tertiary/aromatic N) is 1. The maximum absolute atomic E-state index is 13.9. The molecule has 1 aromatic rings. The number of nitrogens with one attached hydrogen (secondary N) is 2. The lowest BCUT2D eigenvalue weighted by atomic mass is 9.66. The zero-order chi connectivity index (χ0) is 25.4. The van der Waals surface area contributed by atoms with Crippen LogP contribution in [-0.2, 0) is 14.4 Å². The van der Waals surface area contributed by atoms with E-state index in [9.17, 15) is 19.5 Å². The number of likely N-dealkylation sites (tertiary alicyclic amines) is 1. The molecule has 0 aromatic heterocycles. The van der Waals surface area contributed by atoms with Crippen molar-refractivity contribution in [3.05, 3.63) is 28.8 Å². The van der Waals surface area contributed by atoms with Crippen molar-refractivity contribution in [2.24, 2.45) is 11.8 Å². The van der Waals surface area contributed by atoms with Gasteiger partial charge in [0.15, 0.2) is 0 Å². The molecule has 3 aliphatic rings. The smallest absolute Gasteiger partial charge is 0.248 e. The van der Waals surface area contributed by atoms with Crippen LogP contribution in [0.3, 0.4) is 0 Å². The molecule has 0 aliphatic carbocycles. The lowest BCUT2D eigenvalue weighted by Crippen LogP contribution is -2.52. The van der Waals surface area contributed by atoms with Gasteiger partial charge in [0.25, 0.3) is 0 Å². The minimum Gasteiger partial charge on any atom is -0.396 e. The van der Waals surface area contributed by atoms with E-state index in [1.54, 1.807) is 22.7 Å². The number of para-hydroxylation sites is 1. The molecule has 35 heavy (non-hydrogen) atoms. The number of amides is 3. The summed E-state index contributed by atoms with van der Waals surface area (Å²) in [6, 6.07) is 4.78. The Morgan fingerprint density at radius 3 is 2.69 bits per heavy atom. The average Bonchev–Trinajstić information content (AvgIpc) is 3.38. The Labute approximate surface area is 216 Å². The summed E-state index contributed by atoms with van der Waals surface area (Å²) >= 11 is 8.08. The molecule has 0 saturated carbocycles. The van der Waals surface area contributed by atoms with Gasteiger partial charge in [0.2, 0.25) is 17.7 Å². The summed E-state index contributed by atoms with van der Waals surface area (Å²) in [4.78, 5) is 42.9. The molecule has 3 fully saturated rings. The van der Waals surface area contributed by atoms with Crippen LogP contribution < -0.4 is 10.6 Å². The van der Waals surface area contributed by atoms with E-state index in [4.69, 9.17) is 11.6 Å². The quantitative estimate of drug-likeness (QED) is 0.407. The number of aryl methyl sites for hydroxylation is 1. The summed E-state index contributed by atoms with van der Waals surface area (Å²) in [7, 11) is 0. The van der Waals surface area contributed by atoms with Gasteiger partial charge in [-0.05, 0) is 64.0 Å². The summed E-state index contributed by atoms with van der Waals surface area (Å²) < 4.78 is -1.02. The third kappa shape index (κ3) is 4.46. The van der Waals surface area contributed by atoms with Crippen molar-refractivity contribution in [1.29, 1.82) is 0 Å². The molecule has 1 spiro atoms. The van der Waals surface area contributed by atoms with Crippen molar-refractivity contribution in [3.63, 3.8) is 0 Å². The largest absolute Gasteiger partial charge is 0.396 e. The van der Waals surface area contributed by atoms with E-state index in [0.717, 1.165) is 31.2 Å². The van der Waals surface area contributed by atoms with Crippen molar-refractivity contribution < 1.29 is 19.5 Å². The highest BCUT2D eigenvalue weighted by Crippen LogP contribution is 2.71. The normalized spacial score (nSPS) is 31.1. The van der Waals surface area contributed by atoms with Crippen LogP contribution in [0.1, 0.15) is 57.9 Å². The molecule has 1 aromatic carbocycles. The summed E-state index contributed by atoms with van der Waals surface area (Å²) in [5, 5.41) is 15.7. The van der Waals surface area contributed by atoms with Gasteiger partial charge in [-0.1, -0.05) is 30.7 Å². The summed E-state index contributed by atoms with van der Waals surface area (Å²) in [6.45, 7) is 7.07. The van der Waals surface area contributed by atoms with Gasteiger partial charge in [-0.2, -0.15) is 0 Å². The van der Waals surface area contributed by atoms with Crippen LogP contribution in [0.2, 0.25) is 5.02 Å². The number of halogens is 1. The second-order valence-corrected chi connectivity index (χ2v) is 12.6. The maximum Gasteiger partial charge on any atom is 0.248 e. The monoisotopic (exact) mass is 521 g/mol. The Morgan fingerprint density at radius 2 is 2.00 bits per heavy atom. The summed E-state index contributed by atoms with van der Waals surface area (Å²) in [6.07, 6.45) is 4.44. The number of unbranched alkanes of at least 4 members (excludes halogenated alkanes) is 2. The lowest BCUT2D eigenvalue weighted by molar-refractivity contribution is -0.140. The van der Waals surface area contributed by atoms with E-state index in [2.05, 4.69) is 17.6 Å². The van der Waals surface area contributed by atoms with Crippen LogP contribution in [-0.4, -0.2) is 63.0 Å². The van der Waals surface area contributed by atoms with Gasteiger partial charge >= 0.3 is 0 Å².